The largest absolute Gasteiger partial charge is 0.497 e. The number of allylic oxidation sites excluding steroid dienone is 4. The fourth-order valence-electron chi connectivity index (χ4n) is 3.53. The molecule has 0 saturated carbocycles. The van der Waals surface area contributed by atoms with Crippen molar-refractivity contribution in [3.63, 3.8) is 0 Å². The molecule has 2 aliphatic rings. The summed E-state index contributed by atoms with van der Waals surface area (Å²) in [6, 6.07) is 16.9. The number of ether oxygens (including phenoxy) is 2. The maximum atomic E-state index is 5.46. The van der Waals surface area contributed by atoms with Crippen LogP contribution < -0.4 is 9.47 Å². The zero-order valence-corrected chi connectivity index (χ0v) is 24.8. The van der Waals surface area contributed by atoms with Gasteiger partial charge in [-0.3, -0.25) is 0 Å². The van der Waals surface area contributed by atoms with Gasteiger partial charge in [0.1, 0.15) is 11.5 Å². The van der Waals surface area contributed by atoms with Crippen LogP contribution in [0.5, 0.6) is 11.5 Å². The summed E-state index contributed by atoms with van der Waals surface area (Å²) < 4.78 is 16.3. The van der Waals surface area contributed by atoms with E-state index in [0.29, 0.717) is 0 Å². The fourth-order valence-corrected chi connectivity index (χ4v) is 11.1. The van der Waals surface area contributed by atoms with Crippen molar-refractivity contribution in [1.29, 1.82) is 0 Å². The van der Waals surface area contributed by atoms with E-state index >= 15 is 0 Å². The van der Waals surface area contributed by atoms with Gasteiger partial charge in [0.2, 0.25) is 0 Å². The maximum absolute atomic E-state index is 5.46. The van der Waals surface area contributed by atoms with Crippen molar-refractivity contribution in [2.45, 2.75) is 13.8 Å². The third kappa shape index (κ3) is 5.57. The van der Waals surface area contributed by atoms with E-state index in [-0.39, 0.29) is 0 Å². The van der Waals surface area contributed by atoms with Crippen LogP contribution in [-0.4, -0.2) is 26.7 Å². The third-order valence-electron chi connectivity index (χ3n) is 5.22. The number of thioether (sulfide) groups is 6. The summed E-state index contributed by atoms with van der Waals surface area (Å²) in [5.41, 5.74) is 4.94. The molecule has 2 heterocycles. The summed E-state index contributed by atoms with van der Waals surface area (Å²) >= 11 is 11.2. The highest BCUT2D eigenvalue weighted by molar-refractivity contribution is 8.36. The number of hydrogen-bond acceptors (Lipinski definition) is 8. The van der Waals surface area contributed by atoms with E-state index in [1.54, 1.807) is 14.2 Å². The van der Waals surface area contributed by atoms with Crippen molar-refractivity contribution in [1.82, 2.24) is 0 Å². The van der Waals surface area contributed by atoms with Gasteiger partial charge in [0.05, 0.1) is 31.2 Å². The summed E-state index contributed by atoms with van der Waals surface area (Å²) in [7, 11) is 3.42. The fraction of sp³-hybridized carbons (Fsp3) is 0.231. The van der Waals surface area contributed by atoms with Crippen molar-refractivity contribution in [2.75, 3.05) is 26.7 Å². The first kappa shape index (κ1) is 26.2. The third-order valence-corrected chi connectivity index (χ3v) is 13.2. The molecule has 0 atom stereocenters. The van der Waals surface area contributed by atoms with Crippen LogP contribution in [0.25, 0.3) is 11.1 Å². The van der Waals surface area contributed by atoms with Gasteiger partial charge in [0.25, 0.3) is 0 Å². The summed E-state index contributed by atoms with van der Waals surface area (Å²) in [6.45, 7) is 4.44. The molecule has 0 N–H and O–H groups in total. The molecule has 8 heteroatoms. The van der Waals surface area contributed by atoms with Crippen LogP contribution in [0.3, 0.4) is 0 Å². The van der Waals surface area contributed by atoms with Crippen LogP contribution in [0.2, 0.25) is 0 Å². The molecule has 4 rings (SSSR count). The molecule has 0 radical (unpaired) electrons. The molecule has 0 aliphatic carbocycles. The Hall–Kier alpha value is -0.900. The monoisotopic (exact) mass is 562 g/mol. The molecule has 0 bridgehead atoms. The molecule has 0 aromatic heterocycles. The molecule has 0 saturated heterocycles. The molecule has 2 aliphatic heterocycles. The van der Waals surface area contributed by atoms with Gasteiger partial charge in [0.15, 0.2) is 0 Å². The molecule has 0 unspecified atom stereocenters. The van der Waals surface area contributed by atoms with E-state index in [4.69, 9.17) is 9.47 Å². The standard InChI is InChI=1S/C26H26O2S6/c1-15-23(29-5)33-25(31-15)21(17-7-11-19(27-3)12-8-17)22(18-9-13-20(28-4)14-10-18)26-32-16(2)24(30-6)34-26/h7-14H,1-6H3/b25-21-,26-22+. The quantitative estimate of drug-likeness (QED) is 0.328. The Morgan fingerprint density at radius 3 is 1.21 bits per heavy atom. The van der Waals surface area contributed by atoms with E-state index in [0.717, 1.165) is 11.5 Å². The Labute approximate surface area is 228 Å². The minimum Gasteiger partial charge on any atom is -0.497 e. The normalized spacial score (nSPS) is 19.1. The van der Waals surface area contributed by atoms with Gasteiger partial charge >= 0.3 is 0 Å². The Bertz CT molecular complexity index is 1100. The second-order valence-electron chi connectivity index (χ2n) is 7.29. The lowest BCUT2D eigenvalue weighted by molar-refractivity contribution is 0.414. The second kappa shape index (κ2) is 11.9. The first-order valence-corrected chi connectivity index (χ1v) is 16.2. The Morgan fingerprint density at radius 1 is 0.588 bits per heavy atom. The number of hydrogen-bond donors (Lipinski definition) is 0. The Morgan fingerprint density at radius 2 is 0.941 bits per heavy atom. The van der Waals surface area contributed by atoms with Crippen molar-refractivity contribution in [3.8, 4) is 11.5 Å². The van der Waals surface area contributed by atoms with E-state index < -0.39 is 0 Å². The van der Waals surface area contributed by atoms with Crippen LogP contribution >= 0.6 is 70.6 Å². The zero-order valence-electron chi connectivity index (χ0n) is 19.9. The molecule has 2 nitrogen and oxygen atoms in total. The van der Waals surface area contributed by atoms with Crippen LogP contribution in [0.1, 0.15) is 25.0 Å². The minimum atomic E-state index is 0.865. The average molecular weight is 563 g/mol. The summed E-state index contributed by atoms with van der Waals surface area (Å²) in [5.74, 6) is 1.73. The lowest BCUT2D eigenvalue weighted by Gasteiger charge is -2.19. The van der Waals surface area contributed by atoms with Gasteiger partial charge in [-0.25, -0.2) is 0 Å². The number of rotatable bonds is 7. The van der Waals surface area contributed by atoms with Crippen LogP contribution in [0.15, 0.2) is 75.3 Å². The van der Waals surface area contributed by atoms with Gasteiger partial charge < -0.3 is 9.47 Å². The predicted molar refractivity (Wildman–Crippen MR) is 163 cm³/mol. The lowest BCUT2D eigenvalue weighted by atomic mass is 9.94. The SMILES string of the molecule is COc1ccc(C(=C2\SC(C)=C(SC)S2)/C(=C2\SC(C)=C(SC)S2)c2ccc(OC)cc2)cc1. The summed E-state index contributed by atoms with van der Waals surface area (Å²) in [5, 5.41) is 0. The first-order chi connectivity index (χ1) is 16.5. The lowest BCUT2D eigenvalue weighted by Crippen LogP contribution is -1.96. The van der Waals surface area contributed by atoms with Crippen molar-refractivity contribution in [2.24, 2.45) is 0 Å². The summed E-state index contributed by atoms with van der Waals surface area (Å²) in [6.07, 6.45) is 4.32. The smallest absolute Gasteiger partial charge is 0.118 e. The van der Waals surface area contributed by atoms with E-state index in [1.165, 1.54) is 49.0 Å². The molecule has 2 aromatic carbocycles. The zero-order chi connectivity index (χ0) is 24.2. The molecule has 0 amide bonds. The number of benzene rings is 2. The van der Waals surface area contributed by atoms with Crippen molar-refractivity contribution in [3.05, 3.63) is 86.4 Å². The summed E-state index contributed by atoms with van der Waals surface area (Å²) in [4.78, 5) is 2.73. The van der Waals surface area contributed by atoms with Gasteiger partial charge in [-0.05, 0) is 61.8 Å². The van der Waals surface area contributed by atoms with Gasteiger partial charge in [-0.2, -0.15) is 0 Å². The topological polar surface area (TPSA) is 18.5 Å². The minimum absolute atomic E-state index is 0.865. The van der Waals surface area contributed by atoms with Crippen molar-refractivity contribution < 1.29 is 9.47 Å². The van der Waals surface area contributed by atoms with Gasteiger partial charge in [0, 0.05) is 21.0 Å². The highest BCUT2D eigenvalue weighted by atomic mass is 32.2. The Kier molecular flexibility index (Phi) is 9.15. The predicted octanol–water partition coefficient (Wildman–Crippen LogP) is 9.81. The van der Waals surface area contributed by atoms with Crippen LogP contribution in [0.4, 0.5) is 0 Å². The average Bonchev–Trinajstić information content (AvgIpc) is 3.43. The molecule has 34 heavy (non-hydrogen) atoms. The van der Waals surface area contributed by atoms with E-state index in [1.807, 2.05) is 70.6 Å². The second-order valence-corrected chi connectivity index (χ2v) is 14.4. The van der Waals surface area contributed by atoms with Gasteiger partial charge in [-0.15, -0.1) is 23.5 Å². The molecule has 178 valence electrons. The van der Waals surface area contributed by atoms with Crippen LogP contribution in [-0.2, 0) is 0 Å². The molecular weight excluding hydrogens is 537 g/mol. The molecule has 0 fully saturated rings. The highest BCUT2D eigenvalue weighted by Crippen LogP contribution is 2.61. The van der Waals surface area contributed by atoms with E-state index in [9.17, 15) is 0 Å². The molecule has 2 aromatic rings. The highest BCUT2D eigenvalue weighted by Gasteiger charge is 2.29. The molecule has 0 spiro atoms. The maximum Gasteiger partial charge on any atom is 0.118 e. The van der Waals surface area contributed by atoms with Crippen molar-refractivity contribution >= 4 is 81.7 Å². The Balaban J connectivity index is 1.95. The van der Waals surface area contributed by atoms with E-state index in [2.05, 4.69) is 74.9 Å². The van der Waals surface area contributed by atoms with Crippen LogP contribution in [0, 0.1) is 0 Å². The first-order valence-electron chi connectivity index (χ1n) is 10.5. The molecular formula is C26H26O2S6. The van der Waals surface area contributed by atoms with Gasteiger partial charge in [-0.1, -0.05) is 71.3 Å². The number of methoxy groups -OCH3 is 2.